The molecule has 25 heavy (non-hydrogen) atoms. The molecule has 2 aromatic carbocycles. The average Bonchev–Trinajstić information content (AvgIpc) is 3.13. The molecule has 0 radical (unpaired) electrons. The van der Waals surface area contributed by atoms with E-state index in [9.17, 15) is 9.59 Å². The van der Waals surface area contributed by atoms with Crippen LogP contribution in [0.2, 0.25) is 0 Å². The molecule has 0 aliphatic rings. The molecule has 0 fully saturated rings. The van der Waals surface area contributed by atoms with Gasteiger partial charge in [0.25, 0.3) is 0 Å². The second-order valence-corrected chi connectivity index (χ2v) is 5.32. The predicted molar refractivity (Wildman–Crippen MR) is 93.9 cm³/mol. The van der Waals surface area contributed by atoms with Crippen molar-refractivity contribution in [2.75, 3.05) is 14.2 Å². The van der Waals surface area contributed by atoms with E-state index in [1.807, 2.05) is 30.3 Å². The second-order valence-electron chi connectivity index (χ2n) is 5.32. The van der Waals surface area contributed by atoms with Gasteiger partial charge in [0.15, 0.2) is 5.78 Å². The Morgan fingerprint density at radius 2 is 1.76 bits per heavy atom. The van der Waals surface area contributed by atoms with Crippen LogP contribution >= 0.6 is 0 Å². The minimum Gasteiger partial charge on any atom is -0.497 e. The van der Waals surface area contributed by atoms with Crippen LogP contribution in [0.25, 0.3) is 16.8 Å². The fourth-order valence-corrected chi connectivity index (χ4v) is 2.47. The number of carbonyl (C=O) groups excluding carboxylic acids is 2. The van der Waals surface area contributed by atoms with E-state index in [2.05, 4.69) is 4.74 Å². The molecule has 5 nitrogen and oxygen atoms in total. The van der Waals surface area contributed by atoms with Crippen LogP contribution < -0.4 is 4.74 Å². The minimum atomic E-state index is -0.586. The Balaban J connectivity index is 1.85. The molecule has 126 valence electrons. The van der Waals surface area contributed by atoms with Gasteiger partial charge in [-0.3, -0.25) is 4.79 Å². The lowest BCUT2D eigenvalue weighted by atomic mass is 10.0. The van der Waals surface area contributed by atoms with Crippen LogP contribution in [0.1, 0.15) is 26.5 Å². The summed E-state index contributed by atoms with van der Waals surface area (Å²) in [5.74, 6) is 0.0745. The van der Waals surface area contributed by atoms with Crippen molar-refractivity contribution in [1.29, 1.82) is 0 Å². The lowest BCUT2D eigenvalue weighted by molar-refractivity contribution is 0.0564. The lowest BCUT2D eigenvalue weighted by Gasteiger charge is -2.04. The molecule has 3 rings (SSSR count). The molecular weight excluding hydrogens is 320 g/mol. The number of allylic oxidation sites excluding steroid dienone is 1. The summed E-state index contributed by atoms with van der Waals surface area (Å²) in [5, 5.41) is 1.93. The highest BCUT2D eigenvalue weighted by Gasteiger charge is 2.14. The number of rotatable bonds is 5. The maximum atomic E-state index is 12.4. The molecule has 3 aromatic rings. The topological polar surface area (TPSA) is 65.7 Å². The number of fused-ring (bicyclic) bond motifs is 1. The molecule has 0 aliphatic heterocycles. The summed E-state index contributed by atoms with van der Waals surface area (Å²) in [5.41, 5.74) is 1.04. The largest absolute Gasteiger partial charge is 0.497 e. The average molecular weight is 336 g/mol. The SMILES string of the molecule is COC(=O)c1occc1C=CC(=O)c1ccc2cc(OC)ccc2c1. The van der Waals surface area contributed by atoms with Crippen LogP contribution in [-0.2, 0) is 4.74 Å². The highest BCUT2D eigenvalue weighted by Crippen LogP contribution is 2.22. The first-order chi connectivity index (χ1) is 12.1. The van der Waals surface area contributed by atoms with Gasteiger partial charge in [0.1, 0.15) is 5.75 Å². The van der Waals surface area contributed by atoms with Crippen molar-refractivity contribution in [2.24, 2.45) is 0 Å². The van der Waals surface area contributed by atoms with Crippen molar-refractivity contribution in [3.63, 3.8) is 0 Å². The third kappa shape index (κ3) is 3.45. The Bertz CT molecular complexity index is 965. The molecule has 0 aliphatic carbocycles. The van der Waals surface area contributed by atoms with Crippen LogP contribution in [0.15, 0.2) is 59.2 Å². The van der Waals surface area contributed by atoms with Gasteiger partial charge in [0.2, 0.25) is 5.76 Å². The molecule has 0 unspecified atom stereocenters. The van der Waals surface area contributed by atoms with E-state index in [0.717, 1.165) is 16.5 Å². The fourth-order valence-electron chi connectivity index (χ4n) is 2.47. The zero-order valence-corrected chi connectivity index (χ0v) is 13.8. The Morgan fingerprint density at radius 1 is 1.00 bits per heavy atom. The number of methoxy groups -OCH3 is 2. The number of hydrogen-bond acceptors (Lipinski definition) is 5. The minimum absolute atomic E-state index is 0.0668. The number of ketones is 1. The maximum absolute atomic E-state index is 12.4. The van der Waals surface area contributed by atoms with E-state index in [-0.39, 0.29) is 11.5 Å². The van der Waals surface area contributed by atoms with Gasteiger partial charge in [-0.15, -0.1) is 0 Å². The zero-order chi connectivity index (χ0) is 17.8. The quantitative estimate of drug-likeness (QED) is 0.398. The standard InChI is InChI=1S/C20H16O5/c1-23-17-7-5-14-11-16(4-3-15(14)12-17)18(21)8-6-13-9-10-25-19(13)20(22)24-2/h3-12H,1-2H3. The van der Waals surface area contributed by atoms with Crippen LogP contribution in [0.4, 0.5) is 0 Å². The summed E-state index contributed by atoms with van der Waals surface area (Å²) in [6.45, 7) is 0. The van der Waals surface area contributed by atoms with Crippen molar-refractivity contribution in [1.82, 2.24) is 0 Å². The molecule has 0 spiro atoms. The van der Waals surface area contributed by atoms with Gasteiger partial charge in [-0.25, -0.2) is 4.79 Å². The number of esters is 1. The maximum Gasteiger partial charge on any atom is 0.374 e. The molecule has 0 saturated heterocycles. The highest BCUT2D eigenvalue weighted by molar-refractivity contribution is 6.09. The van der Waals surface area contributed by atoms with Gasteiger partial charge in [0.05, 0.1) is 20.5 Å². The van der Waals surface area contributed by atoms with E-state index in [0.29, 0.717) is 11.1 Å². The van der Waals surface area contributed by atoms with Crippen LogP contribution in [0, 0.1) is 0 Å². The van der Waals surface area contributed by atoms with Crippen LogP contribution in [0.3, 0.4) is 0 Å². The van der Waals surface area contributed by atoms with Gasteiger partial charge in [0, 0.05) is 11.1 Å². The summed E-state index contributed by atoms with van der Waals surface area (Å²) >= 11 is 0. The molecule has 0 saturated carbocycles. The predicted octanol–water partition coefficient (Wildman–Crippen LogP) is 4.12. The number of ether oxygens (including phenoxy) is 2. The first kappa shape index (κ1) is 16.5. The number of carbonyl (C=O) groups is 2. The molecular formula is C20H16O5. The molecule has 0 N–H and O–H groups in total. The van der Waals surface area contributed by atoms with Gasteiger partial charge >= 0.3 is 5.97 Å². The van der Waals surface area contributed by atoms with E-state index in [4.69, 9.17) is 9.15 Å². The molecule has 5 heteroatoms. The summed E-state index contributed by atoms with van der Waals surface area (Å²) in [4.78, 5) is 24.0. The Hall–Kier alpha value is -3.34. The van der Waals surface area contributed by atoms with E-state index in [1.54, 1.807) is 19.2 Å². The first-order valence-electron chi connectivity index (χ1n) is 7.58. The molecule has 0 amide bonds. The van der Waals surface area contributed by atoms with E-state index in [1.165, 1.54) is 25.5 Å². The lowest BCUT2D eigenvalue weighted by Crippen LogP contribution is -2.01. The van der Waals surface area contributed by atoms with Gasteiger partial charge in [-0.1, -0.05) is 18.2 Å². The fraction of sp³-hybridized carbons (Fsp3) is 0.100. The summed E-state index contributed by atoms with van der Waals surface area (Å²) in [6, 6.07) is 12.7. The second kappa shape index (κ2) is 7.05. The molecule has 1 heterocycles. The van der Waals surface area contributed by atoms with Crippen molar-refractivity contribution < 1.29 is 23.5 Å². The third-order valence-corrected chi connectivity index (χ3v) is 3.81. The summed E-state index contributed by atoms with van der Waals surface area (Å²) in [6.07, 6.45) is 4.32. The van der Waals surface area contributed by atoms with Crippen LogP contribution in [-0.4, -0.2) is 26.0 Å². The molecule has 0 bridgehead atoms. The van der Waals surface area contributed by atoms with Crippen molar-refractivity contribution in [2.45, 2.75) is 0 Å². The van der Waals surface area contributed by atoms with Crippen molar-refractivity contribution in [3.05, 3.63) is 71.7 Å². The molecule has 1 aromatic heterocycles. The normalized spacial score (nSPS) is 11.0. The zero-order valence-electron chi connectivity index (χ0n) is 13.8. The Morgan fingerprint density at radius 3 is 2.52 bits per heavy atom. The number of furan rings is 1. The highest BCUT2D eigenvalue weighted by atomic mass is 16.5. The first-order valence-corrected chi connectivity index (χ1v) is 7.58. The van der Waals surface area contributed by atoms with Crippen molar-refractivity contribution >= 4 is 28.6 Å². The van der Waals surface area contributed by atoms with E-state index >= 15 is 0 Å². The monoisotopic (exact) mass is 336 g/mol. The number of hydrogen-bond donors (Lipinski definition) is 0. The Labute approximate surface area is 144 Å². The number of benzene rings is 2. The van der Waals surface area contributed by atoms with E-state index < -0.39 is 5.97 Å². The molecule has 0 atom stereocenters. The Kier molecular flexibility index (Phi) is 4.66. The van der Waals surface area contributed by atoms with Crippen molar-refractivity contribution in [3.8, 4) is 5.75 Å². The van der Waals surface area contributed by atoms with Gasteiger partial charge in [-0.2, -0.15) is 0 Å². The summed E-state index contributed by atoms with van der Waals surface area (Å²) < 4.78 is 14.9. The summed E-state index contributed by atoms with van der Waals surface area (Å²) in [7, 11) is 2.88. The third-order valence-electron chi connectivity index (χ3n) is 3.81. The van der Waals surface area contributed by atoms with Gasteiger partial charge < -0.3 is 13.9 Å². The smallest absolute Gasteiger partial charge is 0.374 e. The van der Waals surface area contributed by atoms with Gasteiger partial charge in [-0.05, 0) is 47.2 Å². The van der Waals surface area contributed by atoms with Crippen LogP contribution in [0.5, 0.6) is 5.75 Å².